The van der Waals surface area contributed by atoms with E-state index in [4.69, 9.17) is 0 Å². The van der Waals surface area contributed by atoms with Gasteiger partial charge < -0.3 is 5.32 Å². The van der Waals surface area contributed by atoms with Crippen molar-refractivity contribution in [2.75, 3.05) is 0 Å². The second kappa shape index (κ2) is 7.55. The van der Waals surface area contributed by atoms with Crippen LogP contribution < -0.4 is 5.32 Å². The average Bonchev–Trinajstić information content (AvgIpc) is 3.02. The summed E-state index contributed by atoms with van der Waals surface area (Å²) in [6.45, 7) is 0. The topological polar surface area (TPSA) is 59.3 Å². The Labute approximate surface area is 147 Å². The summed E-state index contributed by atoms with van der Waals surface area (Å²) in [6, 6.07) is 11.8. The zero-order valence-electron chi connectivity index (χ0n) is 13.8. The number of hydrogen-bond acceptors (Lipinski definition) is 3. The van der Waals surface area contributed by atoms with E-state index in [2.05, 4.69) is 15.5 Å². The molecule has 5 nitrogen and oxygen atoms in total. The minimum Gasteiger partial charge on any atom is -0.355 e. The predicted molar refractivity (Wildman–Crippen MR) is 89.4 cm³/mol. The highest BCUT2D eigenvalue weighted by molar-refractivity contribution is 5.47. The van der Waals surface area contributed by atoms with E-state index < -0.39 is 11.7 Å². The molecule has 3 rings (SSSR count). The Kier molecular flexibility index (Phi) is 5.20. The molecule has 1 aromatic carbocycles. The van der Waals surface area contributed by atoms with E-state index in [0.29, 0.717) is 24.3 Å². The fourth-order valence-electron chi connectivity index (χ4n) is 2.79. The van der Waals surface area contributed by atoms with Crippen molar-refractivity contribution in [2.24, 2.45) is 0 Å². The van der Waals surface area contributed by atoms with Gasteiger partial charge in [0.15, 0.2) is 5.65 Å². The first-order chi connectivity index (χ1) is 12.5. The number of carbonyl (C=O) groups is 1. The molecule has 0 aliphatic rings. The van der Waals surface area contributed by atoms with Crippen molar-refractivity contribution >= 4 is 12.1 Å². The molecule has 8 heteroatoms. The molecule has 1 amide bonds. The number of aromatic nitrogens is 3. The van der Waals surface area contributed by atoms with Crippen LogP contribution in [0.5, 0.6) is 0 Å². The van der Waals surface area contributed by atoms with Crippen LogP contribution in [0, 0.1) is 0 Å². The lowest BCUT2D eigenvalue weighted by atomic mass is 10.0. The molecule has 2 aromatic heterocycles. The maximum absolute atomic E-state index is 12.9. The fraction of sp³-hybridized carbons (Fsp3) is 0.278. The van der Waals surface area contributed by atoms with Crippen LogP contribution in [0.3, 0.4) is 0 Å². The van der Waals surface area contributed by atoms with E-state index in [1.165, 1.54) is 10.5 Å². The summed E-state index contributed by atoms with van der Waals surface area (Å²) in [5.74, 6) is 0.374. The number of alkyl halides is 3. The van der Waals surface area contributed by atoms with Gasteiger partial charge in [0, 0.05) is 18.7 Å². The number of halogens is 3. The van der Waals surface area contributed by atoms with Crippen molar-refractivity contribution in [1.82, 2.24) is 19.9 Å². The van der Waals surface area contributed by atoms with Gasteiger partial charge in [0.1, 0.15) is 5.82 Å². The quantitative estimate of drug-likeness (QED) is 0.657. The van der Waals surface area contributed by atoms with Crippen LogP contribution in [0.4, 0.5) is 13.2 Å². The maximum Gasteiger partial charge on any atom is 0.417 e. The monoisotopic (exact) mass is 362 g/mol. The van der Waals surface area contributed by atoms with Gasteiger partial charge in [0.05, 0.1) is 5.56 Å². The number of rotatable bonds is 7. The van der Waals surface area contributed by atoms with Crippen molar-refractivity contribution < 1.29 is 18.0 Å². The molecular formula is C18H17F3N4O. The maximum atomic E-state index is 12.9. The first-order valence-electron chi connectivity index (χ1n) is 8.12. The zero-order valence-corrected chi connectivity index (χ0v) is 13.8. The Morgan fingerprint density at radius 2 is 1.88 bits per heavy atom. The van der Waals surface area contributed by atoms with Gasteiger partial charge in [-0.1, -0.05) is 30.3 Å². The third-order valence-corrected chi connectivity index (χ3v) is 4.16. The Balaban J connectivity index is 1.79. The minimum atomic E-state index is -4.44. The van der Waals surface area contributed by atoms with Gasteiger partial charge in [-0.2, -0.15) is 13.2 Å². The van der Waals surface area contributed by atoms with Crippen LogP contribution in [0.1, 0.15) is 23.4 Å². The van der Waals surface area contributed by atoms with Crippen LogP contribution >= 0.6 is 0 Å². The number of nitrogens with zero attached hydrogens (tertiary/aromatic N) is 3. The average molecular weight is 362 g/mol. The highest BCUT2D eigenvalue weighted by Gasteiger charge is 2.31. The van der Waals surface area contributed by atoms with Crippen LogP contribution in [0.25, 0.3) is 5.65 Å². The number of nitrogens with one attached hydrogen (secondary N) is 1. The number of hydrogen-bond donors (Lipinski definition) is 1. The SMILES string of the molecule is O=CNC(CCc1ccccc1)Cc1nnc2ccc(C(F)(F)F)cn12. The standard InChI is InChI=1S/C18H17F3N4O/c19-18(20,21)14-7-9-16-23-24-17(25(16)11-14)10-15(22-12-26)8-6-13-4-2-1-3-5-13/h1-5,7,9,11-12,15H,6,8,10H2,(H,22,26). The summed E-state index contributed by atoms with van der Waals surface area (Å²) in [4.78, 5) is 10.9. The van der Waals surface area contributed by atoms with E-state index in [1.54, 1.807) is 0 Å². The predicted octanol–water partition coefficient (Wildman–Crippen LogP) is 3.04. The number of pyridine rings is 1. The van der Waals surface area contributed by atoms with E-state index in [-0.39, 0.29) is 12.5 Å². The molecule has 26 heavy (non-hydrogen) atoms. The van der Waals surface area contributed by atoms with Gasteiger partial charge in [-0.3, -0.25) is 9.20 Å². The molecule has 0 spiro atoms. The Hall–Kier alpha value is -2.90. The third kappa shape index (κ3) is 4.19. The van der Waals surface area contributed by atoms with Crippen molar-refractivity contribution in [2.45, 2.75) is 31.5 Å². The lowest BCUT2D eigenvalue weighted by molar-refractivity contribution is -0.137. The summed E-state index contributed by atoms with van der Waals surface area (Å²) in [5.41, 5.74) is 0.687. The first-order valence-corrected chi connectivity index (χ1v) is 8.12. The summed E-state index contributed by atoms with van der Waals surface area (Å²) in [7, 11) is 0. The molecule has 3 aromatic rings. The molecule has 0 fully saturated rings. The number of amides is 1. The molecule has 0 saturated heterocycles. The number of carbonyl (C=O) groups excluding carboxylic acids is 1. The lowest BCUT2D eigenvalue weighted by Gasteiger charge is -2.15. The summed E-state index contributed by atoms with van der Waals surface area (Å²) >= 11 is 0. The second-order valence-corrected chi connectivity index (χ2v) is 5.97. The van der Waals surface area contributed by atoms with E-state index >= 15 is 0 Å². The largest absolute Gasteiger partial charge is 0.417 e. The number of fused-ring (bicyclic) bond motifs is 1. The van der Waals surface area contributed by atoms with Crippen molar-refractivity contribution in [3.8, 4) is 0 Å². The molecule has 0 aliphatic heterocycles. The number of aryl methyl sites for hydroxylation is 1. The number of benzene rings is 1. The second-order valence-electron chi connectivity index (χ2n) is 5.97. The Morgan fingerprint density at radius 3 is 2.58 bits per heavy atom. The molecule has 0 saturated carbocycles. The smallest absolute Gasteiger partial charge is 0.355 e. The third-order valence-electron chi connectivity index (χ3n) is 4.16. The van der Waals surface area contributed by atoms with Crippen molar-refractivity contribution in [3.05, 3.63) is 65.6 Å². The fourth-order valence-corrected chi connectivity index (χ4v) is 2.79. The molecule has 1 unspecified atom stereocenters. The van der Waals surface area contributed by atoms with E-state index in [1.807, 2.05) is 30.3 Å². The molecule has 0 bridgehead atoms. The van der Waals surface area contributed by atoms with Crippen molar-refractivity contribution in [3.63, 3.8) is 0 Å². The molecule has 1 N–H and O–H groups in total. The van der Waals surface area contributed by atoms with E-state index in [0.717, 1.165) is 24.2 Å². The minimum absolute atomic E-state index is 0.255. The molecule has 0 aliphatic carbocycles. The van der Waals surface area contributed by atoms with Crippen LogP contribution in [0.15, 0.2) is 48.7 Å². The van der Waals surface area contributed by atoms with E-state index in [9.17, 15) is 18.0 Å². The van der Waals surface area contributed by atoms with Crippen LogP contribution in [-0.4, -0.2) is 27.0 Å². The summed E-state index contributed by atoms with van der Waals surface area (Å²) < 4.78 is 40.1. The molecule has 0 radical (unpaired) electrons. The van der Waals surface area contributed by atoms with Crippen LogP contribution in [0.2, 0.25) is 0 Å². The highest BCUT2D eigenvalue weighted by atomic mass is 19.4. The normalized spacial score (nSPS) is 12.9. The van der Waals surface area contributed by atoms with Gasteiger partial charge in [0.25, 0.3) is 0 Å². The van der Waals surface area contributed by atoms with Crippen LogP contribution in [-0.2, 0) is 23.8 Å². The van der Waals surface area contributed by atoms with Gasteiger partial charge in [0.2, 0.25) is 6.41 Å². The van der Waals surface area contributed by atoms with Gasteiger partial charge in [-0.05, 0) is 30.5 Å². The van der Waals surface area contributed by atoms with Gasteiger partial charge >= 0.3 is 6.18 Å². The van der Waals surface area contributed by atoms with Gasteiger partial charge in [-0.15, -0.1) is 10.2 Å². The Bertz CT molecular complexity index is 877. The summed E-state index contributed by atoms with van der Waals surface area (Å²) in [5, 5.41) is 10.6. The van der Waals surface area contributed by atoms with Gasteiger partial charge in [-0.25, -0.2) is 0 Å². The molecular weight excluding hydrogens is 345 g/mol. The summed E-state index contributed by atoms with van der Waals surface area (Å²) in [6.07, 6.45) is -1.20. The molecule has 136 valence electrons. The van der Waals surface area contributed by atoms with Crippen molar-refractivity contribution in [1.29, 1.82) is 0 Å². The lowest BCUT2D eigenvalue weighted by Crippen LogP contribution is -2.31. The molecule has 2 heterocycles. The zero-order chi connectivity index (χ0) is 18.6. The molecule has 1 atom stereocenters. The first kappa shape index (κ1) is 17.9. The highest BCUT2D eigenvalue weighted by Crippen LogP contribution is 2.29. The Morgan fingerprint density at radius 1 is 1.12 bits per heavy atom.